The average Bonchev–Trinajstić information content (AvgIpc) is 3.32. The first-order valence-corrected chi connectivity index (χ1v) is 25.3. The van der Waals surface area contributed by atoms with Crippen molar-refractivity contribution in [1.29, 1.82) is 6.60 Å². The number of rotatable bonds is 13. The number of methoxy groups -OCH3 is 3. The molecule has 0 bridgehead atoms. The second-order valence-corrected chi connectivity index (χ2v) is 20.4. The molecule has 0 amide bonds. The Morgan fingerprint density at radius 2 is 1.11 bits per heavy atom. The van der Waals surface area contributed by atoms with E-state index in [1.807, 2.05) is 26.2 Å². The number of nitrogens with two attached hydrogens (primary N) is 1. The number of benzene rings is 4. The molecule has 0 saturated carbocycles. The molecule has 2 atom stereocenters. The van der Waals surface area contributed by atoms with Crippen LogP contribution in [0, 0.1) is 42.9 Å². The molecule has 2 unspecified atom stereocenters. The zero-order chi connectivity index (χ0) is 52.9. The fourth-order valence-corrected chi connectivity index (χ4v) is 10.5. The Balaban J connectivity index is 0.000000599. The van der Waals surface area contributed by atoms with Crippen LogP contribution in [0.5, 0.6) is 0 Å². The van der Waals surface area contributed by atoms with E-state index < -0.39 is 32.0 Å². The second-order valence-electron chi connectivity index (χ2n) is 15.2. The van der Waals surface area contributed by atoms with Crippen LogP contribution < -0.4 is 5.14 Å². The fraction of sp³-hybridized carbons (Fsp3) is 0.362. The first kappa shape index (κ1) is 62.7. The van der Waals surface area contributed by atoms with Gasteiger partial charge in [-0.3, -0.25) is 14.4 Å². The molecule has 377 valence electrons. The number of carbonyl (C=O) groups excluding carboxylic acids is 3. The summed E-state index contributed by atoms with van der Waals surface area (Å²) in [6.07, 6.45) is 1.53. The van der Waals surface area contributed by atoms with Crippen LogP contribution in [0.1, 0.15) is 64.5 Å². The van der Waals surface area contributed by atoms with E-state index in [-0.39, 0.29) is 84.6 Å². The maximum Gasteiger partial charge on any atom is 0.309 e. The molecule has 15 nitrogen and oxygen atoms in total. The third-order valence-electron chi connectivity index (χ3n) is 10.6. The van der Waals surface area contributed by atoms with Gasteiger partial charge in [0.25, 0.3) is 0 Å². The Labute approximate surface area is 458 Å². The van der Waals surface area contributed by atoms with Crippen molar-refractivity contribution >= 4 is 92.2 Å². The normalized spacial score (nSPS) is 15.2. The molecule has 4 aromatic carbocycles. The van der Waals surface area contributed by atoms with Crippen molar-refractivity contribution in [3.05, 3.63) is 139 Å². The molecule has 2 N–H and O–H groups in total. The summed E-state index contributed by atoms with van der Waals surface area (Å²) in [4.78, 5) is 37.8. The number of esters is 3. The molecule has 70 heavy (non-hydrogen) atoms. The van der Waals surface area contributed by atoms with Crippen molar-refractivity contribution in [2.45, 2.75) is 60.8 Å². The molecule has 0 aliphatic carbocycles. The number of likely N-dealkylation sites (N-methyl/N-ethyl adjacent to an activating group) is 2. The van der Waals surface area contributed by atoms with Gasteiger partial charge in [-0.25, -0.2) is 27.2 Å². The van der Waals surface area contributed by atoms with Crippen molar-refractivity contribution in [2.75, 3.05) is 61.6 Å². The number of ether oxygens (including phenoxy) is 3. The number of fused-ring (bicyclic) bond motifs is 2. The summed E-state index contributed by atoms with van der Waals surface area (Å²) in [5, 5.41) is 14.1. The smallest absolute Gasteiger partial charge is 0.309 e. The van der Waals surface area contributed by atoms with Crippen molar-refractivity contribution < 1.29 is 76.5 Å². The third kappa shape index (κ3) is 18.9. The maximum absolute atomic E-state index is 13.3. The van der Waals surface area contributed by atoms with Gasteiger partial charge < -0.3 is 24.0 Å². The monoisotopic (exact) mass is 1310 g/mol. The van der Waals surface area contributed by atoms with Gasteiger partial charge in [0.15, 0.2) is 0 Å². The van der Waals surface area contributed by atoms with Crippen LogP contribution in [0.4, 0.5) is 0 Å². The van der Waals surface area contributed by atoms with Gasteiger partial charge in [0.2, 0.25) is 20.0 Å². The summed E-state index contributed by atoms with van der Waals surface area (Å²) in [7, 11) is 1.43. The number of halogens is 4. The molecule has 6 rings (SSSR count). The minimum Gasteiger partial charge on any atom is -0.469 e. The number of carbonyl (C=O) groups is 3. The van der Waals surface area contributed by atoms with E-state index in [9.17, 15) is 31.2 Å². The fourth-order valence-electron chi connectivity index (χ4n) is 7.36. The summed E-state index contributed by atoms with van der Waals surface area (Å²) in [5.74, 6) is -1.29. The summed E-state index contributed by atoms with van der Waals surface area (Å²) in [5.41, 5.74) is 6.10. The maximum atomic E-state index is 13.3. The summed E-state index contributed by atoms with van der Waals surface area (Å²) < 4.78 is 70.2. The van der Waals surface area contributed by atoms with Crippen molar-refractivity contribution in [1.82, 2.24) is 14.1 Å². The third-order valence-corrected chi connectivity index (χ3v) is 14.6. The second kappa shape index (κ2) is 31.2. The largest absolute Gasteiger partial charge is 0.469 e. The zero-order valence-electron chi connectivity index (χ0n) is 40.7. The van der Waals surface area contributed by atoms with Crippen LogP contribution >= 0.6 is 46.4 Å². The molecular weight excluding hydrogens is 1250 g/mol. The van der Waals surface area contributed by atoms with E-state index in [0.717, 1.165) is 57.3 Å². The predicted molar refractivity (Wildman–Crippen MR) is 272 cm³/mol. The van der Waals surface area contributed by atoms with E-state index in [4.69, 9.17) is 58.1 Å². The summed E-state index contributed by atoms with van der Waals surface area (Å²) in [6, 6.07) is 20.6. The van der Waals surface area contributed by atoms with Gasteiger partial charge in [0, 0.05) is 109 Å². The molecule has 0 aromatic heterocycles. The topological polar surface area (TPSA) is 207 Å². The Kier molecular flexibility index (Phi) is 27.9. The van der Waals surface area contributed by atoms with Crippen LogP contribution in [-0.4, -0.2) is 120 Å². The molecule has 4 aromatic rings. The minimum atomic E-state index is -3.98. The van der Waals surface area contributed by atoms with Gasteiger partial charge in [0.05, 0.1) is 58.2 Å². The predicted octanol–water partition coefficient (Wildman–Crippen LogP) is 7.72. The first-order chi connectivity index (χ1) is 33.0. The van der Waals surface area contributed by atoms with Gasteiger partial charge in [-0.15, -0.1) is 6.58 Å². The van der Waals surface area contributed by atoms with Crippen molar-refractivity contribution in [3.63, 3.8) is 0 Å². The Bertz CT molecular complexity index is 2640. The summed E-state index contributed by atoms with van der Waals surface area (Å²) >= 11 is 25.2. The van der Waals surface area contributed by atoms with E-state index in [0.29, 0.717) is 33.1 Å². The zero-order valence-corrected chi connectivity index (χ0v) is 48.5. The Morgan fingerprint density at radius 3 is 1.43 bits per heavy atom. The van der Waals surface area contributed by atoms with E-state index in [1.165, 1.54) is 59.5 Å². The van der Waals surface area contributed by atoms with Crippen LogP contribution in [0.15, 0.2) is 95.2 Å². The Hall–Kier alpha value is -3.46. The quantitative estimate of drug-likeness (QED) is 0.0590. The summed E-state index contributed by atoms with van der Waals surface area (Å²) in [6.45, 7) is 11.3. The van der Waals surface area contributed by atoms with Gasteiger partial charge in [-0.2, -0.15) is 4.31 Å². The number of hydrogen-bond acceptors (Lipinski definition) is 13. The average molecular weight is 1310 g/mol. The van der Waals surface area contributed by atoms with E-state index in [2.05, 4.69) is 37.2 Å². The molecule has 23 heteroatoms. The SMILES string of the molecule is C#N.C=CCC(=O)OC.CN1Cc2c(Cl)cc(Cl)cc2C(c2ccc(S(N)(=O)=O)cc2)C1.COC(=O)CCN(CCC(=O)OC)S(=O)(=O)c1ccc(C2CN(C)Cc3c(Cl)cc(Cl)cc32)cc1.[2H][B]C.[U]. The van der Waals surface area contributed by atoms with Gasteiger partial charge in [-0.05, 0) is 97.3 Å². The molecule has 0 saturated heterocycles. The molecule has 0 fully saturated rings. The van der Waals surface area contributed by atoms with E-state index in [1.54, 1.807) is 43.2 Å². The number of nitrogens with zero attached hydrogens (tertiary/aromatic N) is 4. The number of hydrogen-bond donors (Lipinski definition) is 1. The van der Waals surface area contributed by atoms with E-state index >= 15 is 0 Å². The van der Waals surface area contributed by atoms with Crippen LogP contribution in [0.25, 0.3) is 0 Å². The molecule has 0 spiro atoms. The molecule has 2 aliphatic rings. The van der Waals surface area contributed by atoms with Crippen molar-refractivity contribution in [3.8, 4) is 6.57 Å². The minimum absolute atomic E-state index is 0. The number of nitriles is 1. The molecule has 2 heterocycles. The number of sulfonamides is 2. The first-order valence-electron chi connectivity index (χ1n) is 21.4. The van der Waals surface area contributed by atoms with Crippen LogP contribution in [0.3, 0.4) is 0 Å². The van der Waals surface area contributed by atoms with Gasteiger partial charge >= 0.3 is 17.9 Å². The van der Waals surface area contributed by atoms with Crippen molar-refractivity contribution in [2.24, 2.45) is 5.14 Å². The Morgan fingerprint density at radius 1 is 0.757 bits per heavy atom. The standard InChI is InChI=1S/C24H28Cl2N2O6S.C16H16Cl2N2O2S.C5H8O2.CH4B.CHN.U/c1-27-14-20(19-12-17(25)13-22(26)21(19)15-27)16-4-6-18(7-5-16)35(31,32)28(10-8-23(29)33-2)11-9-24(30)34-3;1-20-8-14(10-2-4-12(5-3-10)23(19,21)22)13-6-11(17)7-16(18)15(13)9-20;1-3-4-5(6)7-2;2*1-2;/h4-7,12-13,20H,8-11,14-15H2,1-3H3;2-7,14H,8-9H2,1H3,(H2,19,21,22);3H,1,4H2,2H3;2H,1H3;1H;/i;;;2D;;. The van der Waals surface area contributed by atoms with Gasteiger partial charge in [-0.1, -0.05) is 83.6 Å². The molecular formula is C47H57BCl4N5O10S2U. The molecule has 1 radical (unpaired) electrons. The van der Waals surface area contributed by atoms with Crippen LogP contribution in [-0.2, 0) is 61.7 Å². The van der Waals surface area contributed by atoms with Crippen LogP contribution in [0.2, 0.25) is 26.9 Å². The number of primary sulfonamides is 1. The molecule has 2 aliphatic heterocycles. The van der Waals surface area contributed by atoms with Gasteiger partial charge in [0.1, 0.15) is 0 Å².